The number of thioether (sulfide) groups is 2. The van der Waals surface area contributed by atoms with Crippen LogP contribution in [0.5, 0.6) is 0 Å². The molecule has 1 aromatic rings. The molecule has 0 amide bonds. The van der Waals surface area contributed by atoms with Crippen molar-refractivity contribution in [2.45, 2.75) is 24.8 Å². The Hall–Kier alpha value is -2.37. The van der Waals surface area contributed by atoms with Gasteiger partial charge in [0.15, 0.2) is 5.17 Å². The molecule has 3 rings (SSSR count). The maximum atomic E-state index is 12.7. The highest BCUT2D eigenvalue weighted by Gasteiger charge is 2.42. The average Bonchev–Trinajstić information content (AvgIpc) is 2.96. The number of nitrogens with two attached hydrogens (primary N) is 1. The number of allylic oxidation sites excluding steroid dienone is 2. The molecular weight excluding hydrogens is 368 g/mol. The highest BCUT2D eigenvalue weighted by molar-refractivity contribution is 8.17. The minimum absolute atomic E-state index is 0.272. The summed E-state index contributed by atoms with van der Waals surface area (Å²) in [5, 5.41) is 9.94. The Kier molecular flexibility index (Phi) is 5.30. The van der Waals surface area contributed by atoms with Crippen LogP contribution in [0.25, 0.3) is 0 Å². The van der Waals surface area contributed by atoms with Gasteiger partial charge in [-0.25, -0.2) is 9.79 Å². The van der Waals surface area contributed by atoms with Crippen molar-refractivity contribution in [2.75, 3.05) is 12.9 Å². The fraction of sp³-hybridized carbons (Fsp3) is 0.278. The standard InChI is InChI=1S/C18H18N4O2S2/c1-4-24-17(23)14-10(2)21-18-22(16(20)13(9-19)26-18)15(14)11-5-7-12(25-3)8-6-11/h5-8,15H,4,20H2,1-3H3/t15-/m0/s1. The normalized spacial score (nSPS) is 19.2. The lowest BCUT2D eigenvalue weighted by Gasteiger charge is -2.34. The molecule has 0 saturated carbocycles. The van der Waals surface area contributed by atoms with Gasteiger partial charge in [0.25, 0.3) is 0 Å². The van der Waals surface area contributed by atoms with E-state index in [-0.39, 0.29) is 6.61 Å². The summed E-state index contributed by atoms with van der Waals surface area (Å²) in [5.74, 6) is -0.112. The average molecular weight is 387 g/mol. The molecule has 0 spiro atoms. The van der Waals surface area contributed by atoms with Crippen LogP contribution < -0.4 is 5.73 Å². The Bertz CT molecular complexity index is 881. The highest BCUT2D eigenvalue weighted by Crippen LogP contribution is 2.45. The largest absolute Gasteiger partial charge is 0.463 e. The van der Waals surface area contributed by atoms with Gasteiger partial charge in [0.1, 0.15) is 16.8 Å². The van der Waals surface area contributed by atoms with Crippen molar-refractivity contribution in [3.05, 3.63) is 51.8 Å². The van der Waals surface area contributed by atoms with Crippen LogP contribution in [-0.4, -0.2) is 28.9 Å². The zero-order valence-corrected chi connectivity index (χ0v) is 16.3. The number of esters is 1. The van der Waals surface area contributed by atoms with Crippen molar-refractivity contribution in [1.29, 1.82) is 5.26 Å². The van der Waals surface area contributed by atoms with Crippen LogP contribution in [0.2, 0.25) is 0 Å². The van der Waals surface area contributed by atoms with E-state index in [4.69, 9.17) is 10.5 Å². The van der Waals surface area contributed by atoms with E-state index < -0.39 is 12.0 Å². The molecule has 2 N–H and O–H groups in total. The highest BCUT2D eigenvalue weighted by atomic mass is 32.2. The van der Waals surface area contributed by atoms with Crippen molar-refractivity contribution in [1.82, 2.24) is 4.90 Å². The Morgan fingerprint density at radius 3 is 2.73 bits per heavy atom. The zero-order valence-electron chi connectivity index (χ0n) is 14.6. The molecule has 1 atom stereocenters. The summed E-state index contributed by atoms with van der Waals surface area (Å²) in [7, 11) is 0. The second kappa shape index (κ2) is 7.48. The predicted molar refractivity (Wildman–Crippen MR) is 104 cm³/mol. The molecule has 2 aliphatic rings. The number of carbonyl (C=O) groups is 1. The lowest BCUT2D eigenvalue weighted by atomic mass is 9.94. The molecule has 6 nitrogen and oxygen atoms in total. The molecule has 0 saturated heterocycles. The van der Waals surface area contributed by atoms with Gasteiger partial charge in [0.2, 0.25) is 0 Å². The van der Waals surface area contributed by atoms with Gasteiger partial charge in [-0.15, -0.1) is 11.8 Å². The molecule has 134 valence electrons. The first-order valence-corrected chi connectivity index (χ1v) is 10.0. The van der Waals surface area contributed by atoms with Crippen LogP contribution in [0.1, 0.15) is 25.5 Å². The van der Waals surface area contributed by atoms with E-state index >= 15 is 0 Å². The van der Waals surface area contributed by atoms with E-state index in [1.807, 2.05) is 30.5 Å². The smallest absolute Gasteiger partial charge is 0.338 e. The third kappa shape index (κ3) is 3.08. The van der Waals surface area contributed by atoms with Crippen molar-refractivity contribution in [3.8, 4) is 6.07 Å². The maximum absolute atomic E-state index is 12.7. The van der Waals surface area contributed by atoms with Crippen molar-refractivity contribution >= 4 is 34.7 Å². The summed E-state index contributed by atoms with van der Waals surface area (Å²) in [6.07, 6.45) is 2.01. The van der Waals surface area contributed by atoms with Crippen LogP contribution in [0.3, 0.4) is 0 Å². The number of ether oxygens (including phenoxy) is 1. The first-order valence-electron chi connectivity index (χ1n) is 7.99. The maximum Gasteiger partial charge on any atom is 0.338 e. The monoisotopic (exact) mass is 386 g/mol. The third-order valence-electron chi connectivity index (χ3n) is 4.10. The first kappa shape index (κ1) is 18.4. The van der Waals surface area contributed by atoms with Gasteiger partial charge in [-0.1, -0.05) is 12.1 Å². The molecule has 8 heteroatoms. The summed E-state index contributed by atoms with van der Waals surface area (Å²) in [6, 6.07) is 9.55. The van der Waals surface area contributed by atoms with Gasteiger partial charge in [-0.3, -0.25) is 4.90 Å². The van der Waals surface area contributed by atoms with Crippen LogP contribution in [0.15, 0.2) is 56.1 Å². The number of benzene rings is 1. The first-order chi connectivity index (χ1) is 12.5. The number of carbonyl (C=O) groups excluding carboxylic acids is 1. The van der Waals surface area contributed by atoms with Gasteiger partial charge in [0.05, 0.1) is 23.9 Å². The molecule has 2 aliphatic heterocycles. The molecule has 2 heterocycles. The van der Waals surface area contributed by atoms with Gasteiger partial charge >= 0.3 is 5.97 Å². The molecular formula is C18H18N4O2S2. The van der Waals surface area contributed by atoms with Crippen LogP contribution in [-0.2, 0) is 9.53 Å². The molecule has 0 aromatic heterocycles. The zero-order chi connectivity index (χ0) is 18.8. The summed E-state index contributed by atoms with van der Waals surface area (Å²) in [5.41, 5.74) is 8.12. The number of nitrogens with zero attached hydrogens (tertiary/aromatic N) is 3. The SMILES string of the molecule is CCOC(=O)C1=C(C)N=C2SC(C#N)=C(N)N2[C@H]1c1ccc(SC)cc1. The van der Waals surface area contributed by atoms with Gasteiger partial charge < -0.3 is 10.5 Å². The van der Waals surface area contributed by atoms with Gasteiger partial charge in [0, 0.05) is 4.90 Å². The number of aliphatic imine (C=N–C) groups is 1. The van der Waals surface area contributed by atoms with Gasteiger partial charge in [-0.2, -0.15) is 5.26 Å². The van der Waals surface area contributed by atoms with Crippen molar-refractivity contribution < 1.29 is 9.53 Å². The fourth-order valence-corrected chi connectivity index (χ4v) is 4.24. The molecule has 0 aliphatic carbocycles. The number of fused-ring (bicyclic) bond motifs is 1. The Balaban J connectivity index is 2.15. The third-order valence-corrected chi connectivity index (χ3v) is 5.82. The molecule has 0 fully saturated rings. The second-order valence-corrected chi connectivity index (χ2v) is 7.45. The molecule has 0 bridgehead atoms. The van der Waals surface area contributed by atoms with Crippen LogP contribution in [0, 0.1) is 11.3 Å². The predicted octanol–water partition coefficient (Wildman–Crippen LogP) is 3.36. The summed E-state index contributed by atoms with van der Waals surface area (Å²) in [4.78, 5) is 20.4. The van der Waals surface area contributed by atoms with E-state index in [0.29, 0.717) is 27.2 Å². The Labute approximate surface area is 160 Å². The topological polar surface area (TPSA) is 91.7 Å². The van der Waals surface area contributed by atoms with E-state index in [2.05, 4.69) is 11.1 Å². The summed E-state index contributed by atoms with van der Waals surface area (Å²) >= 11 is 2.86. The molecule has 0 unspecified atom stereocenters. The van der Waals surface area contributed by atoms with Crippen molar-refractivity contribution in [3.63, 3.8) is 0 Å². The summed E-state index contributed by atoms with van der Waals surface area (Å²) < 4.78 is 5.26. The lowest BCUT2D eigenvalue weighted by Crippen LogP contribution is -2.38. The van der Waals surface area contributed by atoms with Crippen molar-refractivity contribution in [2.24, 2.45) is 10.7 Å². The van der Waals surface area contributed by atoms with E-state index in [9.17, 15) is 10.1 Å². The second-order valence-electron chi connectivity index (χ2n) is 5.59. The Morgan fingerprint density at radius 2 is 2.15 bits per heavy atom. The summed E-state index contributed by atoms with van der Waals surface area (Å²) in [6.45, 7) is 3.82. The molecule has 0 radical (unpaired) electrons. The van der Waals surface area contributed by atoms with Crippen LogP contribution >= 0.6 is 23.5 Å². The molecule has 26 heavy (non-hydrogen) atoms. The Morgan fingerprint density at radius 1 is 1.46 bits per heavy atom. The number of amidine groups is 1. The van der Waals surface area contributed by atoms with Gasteiger partial charge in [-0.05, 0) is 49.6 Å². The van der Waals surface area contributed by atoms with E-state index in [1.54, 1.807) is 30.5 Å². The van der Waals surface area contributed by atoms with Crippen LogP contribution in [0.4, 0.5) is 0 Å². The lowest BCUT2D eigenvalue weighted by molar-refractivity contribution is -0.139. The molecule has 1 aromatic carbocycles. The number of rotatable bonds is 4. The minimum atomic E-state index is -0.476. The number of hydrogen-bond acceptors (Lipinski definition) is 8. The number of nitriles is 1. The quantitative estimate of drug-likeness (QED) is 0.626. The van der Waals surface area contributed by atoms with E-state index in [1.165, 1.54) is 11.8 Å². The minimum Gasteiger partial charge on any atom is -0.463 e. The van der Waals surface area contributed by atoms with E-state index in [0.717, 1.165) is 10.5 Å². The fourth-order valence-electron chi connectivity index (χ4n) is 2.91. The number of hydrogen-bond donors (Lipinski definition) is 1.